The standard InChI is InChI=1S/C27H33ClN4O3/c1-26(2,19-28)24(34)30-15-13-27(14-16-30)25(35)31(20-32(27)22-11-7-4-8-12-22)18-23(33)29-17-21-9-5-3-6-10-21/h3-12H,13-20H2,1-2H3,(H,29,33). The monoisotopic (exact) mass is 496 g/mol. The Morgan fingerprint density at radius 1 is 1.00 bits per heavy atom. The van der Waals surface area contributed by atoms with E-state index in [2.05, 4.69) is 10.2 Å². The molecule has 4 rings (SSSR count). The van der Waals surface area contributed by atoms with Crippen molar-refractivity contribution in [2.24, 2.45) is 5.41 Å². The maximum atomic E-state index is 13.8. The molecule has 186 valence electrons. The lowest BCUT2D eigenvalue weighted by Crippen LogP contribution is -2.58. The Labute approximate surface area is 212 Å². The number of rotatable bonds is 7. The number of amides is 3. The minimum absolute atomic E-state index is 0.00132. The van der Waals surface area contributed by atoms with E-state index in [1.807, 2.05) is 79.4 Å². The zero-order chi connectivity index (χ0) is 25.1. The number of carbonyl (C=O) groups is 3. The van der Waals surface area contributed by atoms with Gasteiger partial charge >= 0.3 is 0 Å². The van der Waals surface area contributed by atoms with E-state index in [-0.39, 0.29) is 30.1 Å². The molecule has 1 N–H and O–H groups in total. The third kappa shape index (κ3) is 5.15. The molecular formula is C27H33ClN4O3. The number of nitrogens with zero attached hydrogens (tertiary/aromatic N) is 3. The van der Waals surface area contributed by atoms with Crippen LogP contribution in [0.15, 0.2) is 60.7 Å². The molecule has 0 unspecified atom stereocenters. The summed E-state index contributed by atoms with van der Waals surface area (Å²) in [5.41, 5.74) is 0.526. The molecule has 2 saturated heterocycles. The molecule has 0 bridgehead atoms. The van der Waals surface area contributed by atoms with Crippen LogP contribution in [0.2, 0.25) is 0 Å². The minimum atomic E-state index is -0.775. The second-order valence-electron chi connectivity index (χ2n) is 10.0. The molecule has 2 aromatic carbocycles. The summed E-state index contributed by atoms with van der Waals surface area (Å²) in [5.74, 6) is 0.00822. The molecule has 7 nitrogen and oxygen atoms in total. The Morgan fingerprint density at radius 2 is 1.60 bits per heavy atom. The van der Waals surface area contributed by atoms with E-state index in [4.69, 9.17) is 11.6 Å². The Kier molecular flexibility index (Phi) is 7.36. The van der Waals surface area contributed by atoms with Gasteiger partial charge in [0, 0.05) is 31.2 Å². The lowest BCUT2D eigenvalue weighted by molar-refractivity contribution is -0.144. The summed E-state index contributed by atoms with van der Waals surface area (Å²) in [6.07, 6.45) is 1.01. The summed E-state index contributed by atoms with van der Waals surface area (Å²) < 4.78 is 0. The molecule has 2 heterocycles. The van der Waals surface area contributed by atoms with Crippen LogP contribution in [0.4, 0.5) is 5.69 Å². The van der Waals surface area contributed by atoms with Crippen molar-refractivity contribution in [2.75, 3.05) is 37.1 Å². The molecule has 0 radical (unpaired) electrons. The number of anilines is 1. The van der Waals surface area contributed by atoms with Gasteiger partial charge in [-0.1, -0.05) is 48.5 Å². The van der Waals surface area contributed by atoms with Crippen LogP contribution in [0.3, 0.4) is 0 Å². The molecule has 8 heteroatoms. The fourth-order valence-electron chi connectivity index (χ4n) is 4.91. The molecule has 35 heavy (non-hydrogen) atoms. The van der Waals surface area contributed by atoms with Crippen molar-refractivity contribution in [3.05, 3.63) is 66.2 Å². The lowest BCUT2D eigenvalue weighted by atomic mass is 9.84. The molecule has 0 aliphatic carbocycles. The number of piperidine rings is 1. The number of para-hydroxylation sites is 1. The van der Waals surface area contributed by atoms with Crippen molar-refractivity contribution in [3.63, 3.8) is 0 Å². The maximum absolute atomic E-state index is 13.8. The molecule has 0 aromatic heterocycles. The fraction of sp³-hybridized carbons (Fsp3) is 0.444. The largest absolute Gasteiger partial charge is 0.350 e. The first kappa shape index (κ1) is 25.0. The second-order valence-corrected chi connectivity index (χ2v) is 10.3. The first-order valence-corrected chi connectivity index (χ1v) is 12.6. The number of alkyl halides is 1. The predicted molar refractivity (Wildman–Crippen MR) is 137 cm³/mol. The molecule has 2 aliphatic rings. The highest BCUT2D eigenvalue weighted by atomic mass is 35.5. The van der Waals surface area contributed by atoms with Gasteiger partial charge in [0.1, 0.15) is 12.1 Å². The molecule has 1 spiro atoms. The fourth-order valence-corrected chi connectivity index (χ4v) is 5.03. The third-order valence-corrected chi connectivity index (χ3v) is 7.71. The van der Waals surface area contributed by atoms with Crippen molar-refractivity contribution in [1.82, 2.24) is 15.1 Å². The Morgan fingerprint density at radius 3 is 2.20 bits per heavy atom. The van der Waals surface area contributed by atoms with Crippen molar-refractivity contribution in [2.45, 2.75) is 38.8 Å². The van der Waals surface area contributed by atoms with Crippen molar-refractivity contribution < 1.29 is 14.4 Å². The lowest BCUT2D eigenvalue weighted by Gasteiger charge is -2.44. The highest BCUT2D eigenvalue weighted by molar-refractivity contribution is 6.19. The van der Waals surface area contributed by atoms with Gasteiger partial charge in [0.15, 0.2) is 0 Å². The number of benzene rings is 2. The van der Waals surface area contributed by atoms with E-state index in [0.717, 1.165) is 11.3 Å². The normalized spacial score (nSPS) is 17.7. The van der Waals surface area contributed by atoms with Crippen molar-refractivity contribution >= 4 is 35.0 Å². The van der Waals surface area contributed by atoms with Gasteiger partial charge < -0.3 is 20.0 Å². The quantitative estimate of drug-likeness (QED) is 0.597. The van der Waals surface area contributed by atoms with Crippen LogP contribution in [0.1, 0.15) is 32.3 Å². The number of halogens is 1. The molecule has 3 amide bonds. The van der Waals surface area contributed by atoms with Crippen LogP contribution < -0.4 is 10.2 Å². The van der Waals surface area contributed by atoms with Crippen molar-refractivity contribution in [1.29, 1.82) is 0 Å². The Bertz CT molecular complexity index is 1050. The summed E-state index contributed by atoms with van der Waals surface area (Å²) in [7, 11) is 0. The summed E-state index contributed by atoms with van der Waals surface area (Å²) in [5, 5.41) is 2.92. The number of likely N-dealkylation sites (tertiary alicyclic amines) is 1. The molecule has 0 saturated carbocycles. The smallest absolute Gasteiger partial charge is 0.250 e. The molecular weight excluding hydrogens is 464 g/mol. The molecule has 2 fully saturated rings. The second kappa shape index (κ2) is 10.3. The van der Waals surface area contributed by atoms with Gasteiger partial charge in [0.05, 0.1) is 12.1 Å². The van der Waals surface area contributed by atoms with E-state index in [0.29, 0.717) is 39.1 Å². The van der Waals surface area contributed by atoms with Gasteiger partial charge in [-0.2, -0.15) is 0 Å². The van der Waals surface area contributed by atoms with Gasteiger partial charge in [0.25, 0.3) is 5.91 Å². The van der Waals surface area contributed by atoms with E-state index < -0.39 is 11.0 Å². The van der Waals surface area contributed by atoms with Gasteiger partial charge in [-0.3, -0.25) is 14.4 Å². The number of hydrogen-bond acceptors (Lipinski definition) is 4. The summed E-state index contributed by atoms with van der Waals surface area (Å²) in [4.78, 5) is 45.0. The van der Waals surface area contributed by atoms with E-state index >= 15 is 0 Å². The van der Waals surface area contributed by atoms with Crippen LogP contribution >= 0.6 is 11.6 Å². The third-order valence-electron chi connectivity index (χ3n) is 7.04. The first-order valence-electron chi connectivity index (χ1n) is 12.0. The molecule has 2 aromatic rings. The van der Waals surface area contributed by atoms with Crippen molar-refractivity contribution in [3.8, 4) is 0 Å². The molecule has 0 atom stereocenters. The summed E-state index contributed by atoms with van der Waals surface area (Å²) in [6, 6.07) is 19.5. The predicted octanol–water partition coefficient (Wildman–Crippen LogP) is 3.24. The topological polar surface area (TPSA) is 73.0 Å². The summed E-state index contributed by atoms with van der Waals surface area (Å²) >= 11 is 6.03. The number of hydrogen-bond donors (Lipinski definition) is 1. The Hall–Kier alpha value is -3.06. The van der Waals surface area contributed by atoms with Crippen LogP contribution in [0.5, 0.6) is 0 Å². The van der Waals surface area contributed by atoms with Gasteiger partial charge in [-0.15, -0.1) is 11.6 Å². The zero-order valence-corrected chi connectivity index (χ0v) is 21.1. The van der Waals surface area contributed by atoms with Gasteiger partial charge in [-0.25, -0.2) is 0 Å². The number of carbonyl (C=O) groups excluding carboxylic acids is 3. The van der Waals surface area contributed by atoms with Crippen LogP contribution in [-0.4, -0.2) is 65.2 Å². The van der Waals surface area contributed by atoms with E-state index in [9.17, 15) is 14.4 Å². The first-order chi connectivity index (χ1) is 16.8. The SMILES string of the molecule is CC(C)(CCl)C(=O)N1CCC2(CC1)C(=O)N(CC(=O)NCc1ccccc1)CN2c1ccccc1. The minimum Gasteiger partial charge on any atom is -0.350 e. The highest BCUT2D eigenvalue weighted by Gasteiger charge is 2.54. The van der Waals surface area contributed by atoms with Gasteiger partial charge in [-0.05, 0) is 44.4 Å². The van der Waals surface area contributed by atoms with E-state index in [1.165, 1.54) is 0 Å². The van der Waals surface area contributed by atoms with Gasteiger partial charge in [0.2, 0.25) is 11.8 Å². The maximum Gasteiger partial charge on any atom is 0.250 e. The van der Waals surface area contributed by atoms with Crippen LogP contribution in [0, 0.1) is 5.41 Å². The van der Waals surface area contributed by atoms with E-state index in [1.54, 1.807) is 4.90 Å². The number of nitrogens with one attached hydrogen (secondary N) is 1. The average Bonchev–Trinajstić information content (AvgIpc) is 3.14. The van der Waals surface area contributed by atoms with Crippen LogP contribution in [0.25, 0.3) is 0 Å². The average molecular weight is 497 g/mol. The van der Waals surface area contributed by atoms with Crippen LogP contribution in [-0.2, 0) is 20.9 Å². The Balaban J connectivity index is 1.49. The molecule has 2 aliphatic heterocycles. The highest BCUT2D eigenvalue weighted by Crippen LogP contribution is 2.40. The zero-order valence-electron chi connectivity index (χ0n) is 20.4. The summed E-state index contributed by atoms with van der Waals surface area (Å²) in [6.45, 7) is 5.40.